The van der Waals surface area contributed by atoms with Crippen molar-refractivity contribution in [3.63, 3.8) is 0 Å². The van der Waals surface area contributed by atoms with E-state index in [9.17, 15) is 4.79 Å². The van der Waals surface area contributed by atoms with Crippen LogP contribution in [0.4, 0.5) is 0 Å². The number of nitrogens with zero attached hydrogens (tertiary/aromatic N) is 1. The van der Waals surface area contributed by atoms with Crippen LogP contribution in [0.25, 0.3) is 0 Å². The molecule has 1 aromatic rings. The van der Waals surface area contributed by atoms with Crippen molar-refractivity contribution in [3.05, 3.63) is 45.6 Å². The Morgan fingerprint density at radius 1 is 1.39 bits per heavy atom. The van der Waals surface area contributed by atoms with E-state index in [1.165, 1.54) is 7.11 Å². The van der Waals surface area contributed by atoms with E-state index in [1.807, 2.05) is 31.2 Å². The lowest BCUT2D eigenvalue weighted by Crippen LogP contribution is -2.24. The fourth-order valence-electron chi connectivity index (χ4n) is 1.89. The molecule has 0 amide bonds. The van der Waals surface area contributed by atoms with Crippen LogP contribution in [-0.4, -0.2) is 19.3 Å². The van der Waals surface area contributed by atoms with Crippen molar-refractivity contribution in [3.8, 4) is 0 Å². The second-order valence-electron chi connectivity index (χ2n) is 3.95. The van der Waals surface area contributed by atoms with Crippen LogP contribution in [0.3, 0.4) is 0 Å². The Bertz CT molecular complexity index is 520. The molecule has 0 fully saturated rings. The molecule has 4 nitrogen and oxygen atoms in total. The molecule has 0 bridgehead atoms. The second-order valence-corrected chi connectivity index (χ2v) is 4.87. The summed E-state index contributed by atoms with van der Waals surface area (Å²) in [5.41, 5.74) is 5.11. The summed E-state index contributed by atoms with van der Waals surface area (Å²) < 4.78 is 5.83. The van der Waals surface area contributed by atoms with E-state index < -0.39 is 0 Å². The maximum Gasteiger partial charge on any atom is 0.336 e. The summed E-state index contributed by atoms with van der Waals surface area (Å²) >= 11 is 3.39. The van der Waals surface area contributed by atoms with Gasteiger partial charge in [-0.1, -0.05) is 28.1 Å². The summed E-state index contributed by atoms with van der Waals surface area (Å²) in [5, 5.41) is 4.05. The molecule has 1 aliphatic rings. The number of carbonyl (C=O) groups excluding carboxylic acids is 1. The fourth-order valence-corrected chi connectivity index (χ4v) is 2.15. The Morgan fingerprint density at radius 3 is 2.67 bits per heavy atom. The lowest BCUT2D eigenvalue weighted by atomic mass is 9.90. The van der Waals surface area contributed by atoms with Crippen molar-refractivity contribution >= 4 is 28.1 Å². The zero-order valence-electron chi connectivity index (χ0n) is 10.1. The minimum atomic E-state index is -0.334. The summed E-state index contributed by atoms with van der Waals surface area (Å²) in [4.78, 5) is 11.8. The number of hydrogen-bond acceptors (Lipinski definition) is 4. The highest BCUT2D eigenvalue weighted by atomic mass is 79.9. The van der Waals surface area contributed by atoms with Crippen molar-refractivity contribution in [2.75, 3.05) is 7.11 Å². The standard InChI is InChI=1S/C13H13BrN2O2/c1-8-12(13(17)18-2)11(7-15-16-8)9-3-5-10(14)6-4-9/h3-7,11,16H,1-2H3/t11-/m0/s1. The van der Waals surface area contributed by atoms with Gasteiger partial charge < -0.3 is 4.74 Å². The topological polar surface area (TPSA) is 50.7 Å². The van der Waals surface area contributed by atoms with Gasteiger partial charge in [-0.3, -0.25) is 5.43 Å². The van der Waals surface area contributed by atoms with Crippen LogP contribution in [-0.2, 0) is 9.53 Å². The number of halogens is 1. The van der Waals surface area contributed by atoms with E-state index in [-0.39, 0.29) is 11.9 Å². The van der Waals surface area contributed by atoms with E-state index in [1.54, 1.807) is 6.21 Å². The van der Waals surface area contributed by atoms with E-state index >= 15 is 0 Å². The lowest BCUT2D eigenvalue weighted by molar-refractivity contribution is -0.136. The number of allylic oxidation sites excluding steroid dienone is 1. The molecule has 1 aliphatic heterocycles. The summed E-state index contributed by atoms with van der Waals surface area (Å²) in [6.45, 7) is 1.81. The van der Waals surface area contributed by atoms with Gasteiger partial charge in [0, 0.05) is 16.4 Å². The fraction of sp³-hybridized carbons (Fsp3) is 0.231. The third-order valence-corrected chi connectivity index (χ3v) is 3.33. The largest absolute Gasteiger partial charge is 0.466 e. The molecule has 0 aromatic heterocycles. The average Bonchev–Trinajstić information content (AvgIpc) is 2.38. The van der Waals surface area contributed by atoms with Crippen LogP contribution in [0.15, 0.2) is 45.1 Å². The second kappa shape index (κ2) is 5.35. The number of rotatable bonds is 2. The highest BCUT2D eigenvalue weighted by Crippen LogP contribution is 2.28. The maximum absolute atomic E-state index is 11.8. The molecule has 0 spiro atoms. The molecule has 0 aliphatic carbocycles. The summed E-state index contributed by atoms with van der Waals surface area (Å²) in [6, 6.07) is 7.80. The molecule has 1 aromatic carbocycles. The van der Waals surface area contributed by atoms with Gasteiger partial charge in [-0.2, -0.15) is 5.10 Å². The number of hydrazone groups is 1. The molecule has 2 rings (SSSR count). The van der Waals surface area contributed by atoms with Gasteiger partial charge in [0.15, 0.2) is 0 Å². The van der Waals surface area contributed by atoms with Gasteiger partial charge in [0.05, 0.1) is 18.6 Å². The summed E-state index contributed by atoms with van der Waals surface area (Å²) in [7, 11) is 1.38. The van der Waals surface area contributed by atoms with Crippen LogP contribution >= 0.6 is 15.9 Å². The van der Waals surface area contributed by atoms with Gasteiger partial charge in [-0.15, -0.1) is 0 Å². The Labute approximate surface area is 114 Å². The molecule has 0 saturated heterocycles. The van der Waals surface area contributed by atoms with Crippen LogP contribution in [0.2, 0.25) is 0 Å². The molecule has 1 heterocycles. The number of esters is 1. The number of ether oxygens (including phenoxy) is 1. The molecular weight excluding hydrogens is 296 g/mol. The van der Waals surface area contributed by atoms with Crippen molar-refractivity contribution < 1.29 is 9.53 Å². The van der Waals surface area contributed by atoms with Gasteiger partial charge in [0.2, 0.25) is 0 Å². The zero-order chi connectivity index (χ0) is 13.1. The maximum atomic E-state index is 11.8. The highest BCUT2D eigenvalue weighted by Gasteiger charge is 2.26. The quantitative estimate of drug-likeness (QED) is 0.854. The predicted molar refractivity (Wildman–Crippen MR) is 73.2 cm³/mol. The van der Waals surface area contributed by atoms with Crippen LogP contribution in [0.1, 0.15) is 18.4 Å². The Balaban J connectivity index is 2.41. The molecule has 1 atom stereocenters. The molecular formula is C13H13BrN2O2. The number of nitrogens with one attached hydrogen (secondary N) is 1. The Morgan fingerprint density at radius 2 is 2.06 bits per heavy atom. The number of methoxy groups -OCH3 is 1. The molecule has 5 heteroatoms. The summed E-state index contributed by atoms with van der Waals surface area (Å²) in [6.07, 6.45) is 1.71. The van der Waals surface area contributed by atoms with Crippen LogP contribution in [0, 0.1) is 0 Å². The number of benzene rings is 1. The van der Waals surface area contributed by atoms with E-state index in [4.69, 9.17) is 4.74 Å². The number of carbonyl (C=O) groups is 1. The van der Waals surface area contributed by atoms with Crippen molar-refractivity contribution in [1.82, 2.24) is 5.43 Å². The molecule has 0 unspecified atom stereocenters. The first kappa shape index (κ1) is 12.8. The first-order valence-electron chi connectivity index (χ1n) is 5.47. The van der Waals surface area contributed by atoms with E-state index in [2.05, 4.69) is 26.5 Å². The Hall–Kier alpha value is -1.62. The number of hydrogen-bond donors (Lipinski definition) is 1. The van der Waals surface area contributed by atoms with E-state index in [0.29, 0.717) is 5.57 Å². The first-order chi connectivity index (χ1) is 8.63. The smallest absolute Gasteiger partial charge is 0.336 e. The monoisotopic (exact) mass is 308 g/mol. The molecule has 18 heavy (non-hydrogen) atoms. The predicted octanol–water partition coefficient (Wildman–Crippen LogP) is 2.57. The zero-order valence-corrected chi connectivity index (χ0v) is 11.7. The molecule has 0 radical (unpaired) electrons. The minimum Gasteiger partial charge on any atom is -0.466 e. The Kier molecular flexibility index (Phi) is 3.81. The minimum absolute atomic E-state index is 0.174. The average molecular weight is 309 g/mol. The van der Waals surface area contributed by atoms with Gasteiger partial charge in [0.25, 0.3) is 0 Å². The van der Waals surface area contributed by atoms with Crippen molar-refractivity contribution in [2.45, 2.75) is 12.8 Å². The molecule has 94 valence electrons. The van der Waals surface area contributed by atoms with Crippen molar-refractivity contribution in [2.24, 2.45) is 5.10 Å². The van der Waals surface area contributed by atoms with E-state index in [0.717, 1.165) is 15.7 Å². The lowest BCUT2D eigenvalue weighted by Gasteiger charge is -2.21. The van der Waals surface area contributed by atoms with Crippen LogP contribution in [0.5, 0.6) is 0 Å². The molecule has 0 saturated carbocycles. The van der Waals surface area contributed by atoms with Crippen molar-refractivity contribution in [1.29, 1.82) is 0 Å². The van der Waals surface area contributed by atoms with Gasteiger partial charge in [0.1, 0.15) is 0 Å². The SMILES string of the molecule is COC(=O)C1=C(C)NN=C[C@H]1c1ccc(Br)cc1. The van der Waals surface area contributed by atoms with Gasteiger partial charge in [-0.25, -0.2) is 4.79 Å². The summed E-state index contributed by atoms with van der Waals surface area (Å²) in [5.74, 6) is -0.508. The normalized spacial score (nSPS) is 18.5. The first-order valence-corrected chi connectivity index (χ1v) is 6.26. The molecule has 1 N–H and O–H groups in total. The third kappa shape index (κ3) is 2.46. The van der Waals surface area contributed by atoms with Gasteiger partial charge >= 0.3 is 5.97 Å². The third-order valence-electron chi connectivity index (χ3n) is 2.81. The van der Waals surface area contributed by atoms with Crippen LogP contribution < -0.4 is 5.43 Å². The highest BCUT2D eigenvalue weighted by molar-refractivity contribution is 9.10. The van der Waals surface area contributed by atoms with Gasteiger partial charge in [-0.05, 0) is 24.6 Å².